The molecule has 0 aromatic carbocycles. The molecule has 8 N–H and O–H groups in total. The standard InChI is InChI=1S/C12H28N12/c1-23(2)11-19-7-15-5-18-10(14)22-12(24(3)4)20-8-16-6-17-9(13)21-11/h15-16H,5-8H2,1-4H3,(H3,13,17,19,21)(H3,14,18,20,22). The summed E-state index contributed by atoms with van der Waals surface area (Å²) in [4.78, 5) is 20.6. The van der Waals surface area contributed by atoms with Gasteiger partial charge < -0.3 is 26.6 Å². The maximum absolute atomic E-state index is 5.84. The molecule has 0 atom stereocenters. The monoisotopic (exact) mass is 340 g/mol. The molecule has 1 aliphatic rings. The van der Waals surface area contributed by atoms with Gasteiger partial charge in [-0.3, -0.25) is 16.0 Å². The first-order valence-electron chi connectivity index (χ1n) is 7.40. The number of nitrogens with one attached hydrogen (secondary N) is 4. The van der Waals surface area contributed by atoms with Crippen LogP contribution in [0.1, 0.15) is 0 Å². The summed E-state index contributed by atoms with van der Waals surface area (Å²) in [5.41, 5.74) is 11.7. The van der Waals surface area contributed by atoms with Crippen molar-refractivity contribution in [1.82, 2.24) is 31.1 Å². The van der Waals surface area contributed by atoms with Crippen molar-refractivity contribution in [3.8, 4) is 0 Å². The van der Waals surface area contributed by atoms with Crippen molar-refractivity contribution in [2.75, 3.05) is 54.9 Å². The van der Waals surface area contributed by atoms with Crippen LogP contribution in [0.4, 0.5) is 0 Å². The highest BCUT2D eigenvalue weighted by atomic mass is 15.3. The van der Waals surface area contributed by atoms with Crippen LogP contribution in [-0.2, 0) is 0 Å². The molecule has 0 fully saturated rings. The maximum atomic E-state index is 5.84. The van der Waals surface area contributed by atoms with Crippen molar-refractivity contribution in [1.29, 1.82) is 0 Å². The lowest BCUT2D eigenvalue weighted by molar-refractivity contribution is 0.587. The van der Waals surface area contributed by atoms with Crippen molar-refractivity contribution >= 4 is 23.8 Å². The third kappa shape index (κ3) is 7.60. The molecule has 12 heteroatoms. The average molecular weight is 340 g/mol. The summed E-state index contributed by atoms with van der Waals surface area (Å²) in [6.07, 6.45) is 0. The summed E-state index contributed by atoms with van der Waals surface area (Å²) < 4.78 is 0. The molecule has 1 rings (SSSR count). The molecule has 1 aliphatic heterocycles. The molecule has 12 nitrogen and oxygen atoms in total. The molecule has 24 heavy (non-hydrogen) atoms. The summed E-state index contributed by atoms with van der Waals surface area (Å²) in [5.74, 6) is 1.60. The molecular weight excluding hydrogens is 312 g/mol. The smallest absolute Gasteiger partial charge is 0.224 e. The largest absolute Gasteiger partial charge is 0.370 e. The highest BCUT2D eigenvalue weighted by Gasteiger charge is 2.04. The van der Waals surface area contributed by atoms with Crippen LogP contribution in [-0.4, -0.2) is 88.5 Å². The summed E-state index contributed by atoms with van der Waals surface area (Å²) in [6.45, 7) is 1.40. The second kappa shape index (κ2) is 10.2. The van der Waals surface area contributed by atoms with Crippen molar-refractivity contribution in [3.63, 3.8) is 0 Å². The van der Waals surface area contributed by atoms with Crippen LogP contribution in [0.15, 0.2) is 20.0 Å². The lowest BCUT2D eigenvalue weighted by Crippen LogP contribution is -2.45. The third-order valence-corrected chi connectivity index (χ3v) is 2.71. The summed E-state index contributed by atoms with van der Waals surface area (Å²) in [5, 5.41) is 12.0. The number of nitrogens with zero attached hydrogens (tertiary/aromatic N) is 6. The van der Waals surface area contributed by atoms with Crippen molar-refractivity contribution in [3.05, 3.63) is 0 Å². The first-order chi connectivity index (χ1) is 11.4. The first-order valence-corrected chi connectivity index (χ1v) is 7.40. The van der Waals surface area contributed by atoms with E-state index in [0.29, 0.717) is 38.6 Å². The Balaban J connectivity index is 2.85. The molecular formula is C12H28N12. The number of hydrogen-bond donors (Lipinski definition) is 6. The van der Waals surface area contributed by atoms with Gasteiger partial charge in [0.15, 0.2) is 11.9 Å². The molecule has 0 aliphatic carbocycles. The molecule has 0 unspecified atom stereocenters. The number of hydrogen-bond acceptors (Lipinski definition) is 12. The molecule has 0 saturated carbocycles. The van der Waals surface area contributed by atoms with Crippen LogP contribution in [0.5, 0.6) is 0 Å². The van der Waals surface area contributed by atoms with E-state index in [1.165, 1.54) is 0 Å². The predicted molar refractivity (Wildman–Crippen MR) is 97.5 cm³/mol. The van der Waals surface area contributed by atoms with E-state index in [2.05, 4.69) is 41.2 Å². The quantitative estimate of drug-likeness (QED) is 0.267. The van der Waals surface area contributed by atoms with Gasteiger partial charge in [0, 0.05) is 28.2 Å². The summed E-state index contributed by atoms with van der Waals surface area (Å²) >= 11 is 0. The average Bonchev–Trinajstić information content (AvgIpc) is 2.50. The predicted octanol–water partition coefficient (Wildman–Crippen LogP) is -3.35. The van der Waals surface area contributed by atoms with Gasteiger partial charge in [-0.1, -0.05) is 0 Å². The van der Waals surface area contributed by atoms with E-state index in [4.69, 9.17) is 11.5 Å². The lowest BCUT2D eigenvalue weighted by Gasteiger charge is -2.17. The highest BCUT2D eigenvalue weighted by Crippen LogP contribution is 1.87. The fourth-order valence-corrected chi connectivity index (χ4v) is 1.53. The van der Waals surface area contributed by atoms with Gasteiger partial charge in [0.25, 0.3) is 0 Å². The van der Waals surface area contributed by atoms with E-state index >= 15 is 0 Å². The fourth-order valence-electron chi connectivity index (χ4n) is 1.53. The highest BCUT2D eigenvalue weighted by molar-refractivity contribution is 5.97. The van der Waals surface area contributed by atoms with Crippen molar-refractivity contribution < 1.29 is 0 Å². The molecule has 0 radical (unpaired) electrons. The van der Waals surface area contributed by atoms with Crippen molar-refractivity contribution in [2.45, 2.75) is 0 Å². The maximum Gasteiger partial charge on any atom is 0.224 e. The number of aliphatic imine (C=N–C) groups is 4. The van der Waals surface area contributed by atoms with Crippen LogP contribution < -0.4 is 32.7 Å². The molecule has 0 amide bonds. The van der Waals surface area contributed by atoms with E-state index in [1.807, 2.05) is 28.2 Å². The van der Waals surface area contributed by atoms with Crippen LogP contribution in [0.25, 0.3) is 0 Å². The zero-order valence-corrected chi connectivity index (χ0v) is 14.7. The Bertz CT molecular complexity index is 504. The van der Waals surface area contributed by atoms with E-state index in [-0.39, 0.29) is 11.9 Å². The zero-order chi connectivity index (χ0) is 17.9. The number of nitrogens with two attached hydrogens (primary N) is 2. The molecule has 0 spiro atoms. The molecule has 0 aromatic heterocycles. The second-order valence-corrected chi connectivity index (χ2v) is 5.22. The van der Waals surface area contributed by atoms with Gasteiger partial charge in [-0.05, 0) is 0 Å². The van der Waals surface area contributed by atoms with Gasteiger partial charge in [-0.25, -0.2) is 15.0 Å². The number of rotatable bonds is 0. The summed E-state index contributed by atoms with van der Waals surface area (Å²) in [6, 6.07) is 0. The lowest BCUT2D eigenvalue weighted by atomic mass is 10.7. The molecule has 0 saturated heterocycles. The van der Waals surface area contributed by atoms with E-state index in [0.717, 1.165) is 0 Å². The first kappa shape index (κ1) is 19.4. The minimum Gasteiger partial charge on any atom is -0.370 e. The second-order valence-electron chi connectivity index (χ2n) is 5.22. The van der Waals surface area contributed by atoms with Gasteiger partial charge in [-0.15, -0.1) is 0 Å². The molecule has 136 valence electrons. The topological polar surface area (TPSA) is 156 Å². The van der Waals surface area contributed by atoms with Crippen LogP contribution in [0.3, 0.4) is 0 Å². The van der Waals surface area contributed by atoms with E-state index in [1.54, 1.807) is 9.80 Å². The SMILES string of the molecule is CN(C)C1=N/CNC/N=C(\N)N/C(N(C)C)=N\CNCN\C(N)=N\1. The van der Waals surface area contributed by atoms with Gasteiger partial charge in [0.1, 0.15) is 0 Å². The minimum absolute atomic E-state index is 0.263. The number of guanidine groups is 4. The fraction of sp³-hybridized carbons (Fsp3) is 0.667. The van der Waals surface area contributed by atoms with Crippen LogP contribution in [0, 0.1) is 0 Å². The minimum atomic E-state index is 0.263. The Kier molecular flexibility index (Phi) is 8.29. The Morgan fingerprint density at radius 3 is 2.17 bits per heavy atom. The Labute approximate surface area is 142 Å². The van der Waals surface area contributed by atoms with Gasteiger partial charge in [0.05, 0.1) is 26.7 Å². The van der Waals surface area contributed by atoms with Crippen LogP contribution in [0.2, 0.25) is 0 Å². The zero-order valence-electron chi connectivity index (χ0n) is 14.7. The Morgan fingerprint density at radius 2 is 1.50 bits per heavy atom. The van der Waals surface area contributed by atoms with Crippen molar-refractivity contribution in [2.24, 2.45) is 31.4 Å². The molecule has 0 aromatic rings. The van der Waals surface area contributed by atoms with Gasteiger partial charge in [-0.2, -0.15) is 4.99 Å². The van der Waals surface area contributed by atoms with E-state index < -0.39 is 0 Å². The van der Waals surface area contributed by atoms with Gasteiger partial charge in [0.2, 0.25) is 11.9 Å². The van der Waals surface area contributed by atoms with Crippen LogP contribution >= 0.6 is 0 Å². The van der Waals surface area contributed by atoms with Gasteiger partial charge >= 0.3 is 0 Å². The van der Waals surface area contributed by atoms with E-state index in [9.17, 15) is 0 Å². The third-order valence-electron chi connectivity index (χ3n) is 2.71. The summed E-state index contributed by atoms with van der Waals surface area (Å²) in [7, 11) is 7.39. The normalized spacial score (nSPS) is 26.8. The Hall–Kier alpha value is -2.60. The molecule has 1 heterocycles. The molecule has 0 bridgehead atoms. The Morgan fingerprint density at radius 1 is 0.833 bits per heavy atom.